The van der Waals surface area contributed by atoms with E-state index in [4.69, 9.17) is 5.84 Å². The zero-order valence-corrected chi connectivity index (χ0v) is 13.5. The average Bonchev–Trinajstić information content (AvgIpc) is 2.59. The Kier molecular flexibility index (Phi) is 3.74. The van der Waals surface area contributed by atoms with Gasteiger partial charge in [0.05, 0.1) is 29.0 Å². The lowest BCUT2D eigenvalue weighted by Crippen LogP contribution is -2.62. The van der Waals surface area contributed by atoms with Gasteiger partial charge in [-0.2, -0.15) is 0 Å². The molecular weight excluding hydrogens is 286 g/mol. The number of hydrogen-bond acceptors (Lipinski definition) is 4. The van der Waals surface area contributed by atoms with Crippen LogP contribution in [0.1, 0.15) is 44.9 Å². The zero-order chi connectivity index (χ0) is 15.9. The number of benzene rings is 1. The molecule has 3 N–H and O–H groups in total. The van der Waals surface area contributed by atoms with Gasteiger partial charge < -0.3 is 10.1 Å². The van der Waals surface area contributed by atoms with Crippen molar-refractivity contribution in [3.8, 4) is 0 Å². The van der Waals surface area contributed by atoms with Crippen LogP contribution in [0.25, 0.3) is 10.9 Å². The van der Waals surface area contributed by atoms with Gasteiger partial charge in [-0.15, -0.1) is 0 Å². The van der Waals surface area contributed by atoms with Gasteiger partial charge in [0, 0.05) is 5.39 Å². The molecule has 0 bridgehead atoms. The van der Waals surface area contributed by atoms with Crippen LogP contribution in [0.5, 0.6) is 0 Å². The topological polar surface area (TPSA) is 62.4 Å². The minimum atomic E-state index is -0.642. The van der Waals surface area contributed by atoms with Crippen molar-refractivity contribution in [2.75, 3.05) is 5.01 Å². The van der Waals surface area contributed by atoms with Gasteiger partial charge in [-0.05, 0) is 43.7 Å². The molecule has 4 nitrogen and oxygen atoms in total. The predicted octanol–water partition coefficient (Wildman–Crippen LogP) is 3.39. The molecule has 0 saturated heterocycles. The van der Waals surface area contributed by atoms with Crippen molar-refractivity contribution in [2.24, 2.45) is 11.8 Å². The van der Waals surface area contributed by atoms with E-state index in [0.29, 0.717) is 5.92 Å². The minimum absolute atomic E-state index is 0.00971. The number of pyridine rings is 1. The second-order valence-electron chi connectivity index (χ2n) is 7.17. The van der Waals surface area contributed by atoms with E-state index < -0.39 is 5.60 Å². The summed E-state index contributed by atoms with van der Waals surface area (Å²) in [7, 11) is 0. The molecule has 2 saturated carbocycles. The summed E-state index contributed by atoms with van der Waals surface area (Å²) < 4.78 is 0. The summed E-state index contributed by atoms with van der Waals surface area (Å²) in [6.45, 7) is 0. The molecular formula is C19H25N3O. The van der Waals surface area contributed by atoms with Gasteiger partial charge >= 0.3 is 0 Å². The molecule has 1 heterocycles. The highest BCUT2D eigenvalue weighted by Crippen LogP contribution is 2.45. The highest BCUT2D eigenvalue weighted by molar-refractivity contribution is 5.81. The van der Waals surface area contributed by atoms with E-state index in [1.54, 1.807) is 5.01 Å². The summed E-state index contributed by atoms with van der Waals surface area (Å²) in [5.74, 6) is 6.88. The van der Waals surface area contributed by atoms with Gasteiger partial charge in [0.1, 0.15) is 0 Å². The van der Waals surface area contributed by atoms with Crippen LogP contribution in [0.15, 0.2) is 36.5 Å². The lowest BCUT2D eigenvalue weighted by Gasteiger charge is -2.51. The third kappa shape index (κ3) is 2.50. The third-order valence-electron chi connectivity index (χ3n) is 5.90. The molecule has 4 rings (SSSR count). The fourth-order valence-corrected chi connectivity index (χ4v) is 4.65. The Morgan fingerprint density at radius 2 is 1.96 bits per heavy atom. The predicted molar refractivity (Wildman–Crippen MR) is 93.0 cm³/mol. The number of fused-ring (bicyclic) bond motifs is 2. The Bertz CT molecular complexity index is 702. The SMILES string of the molecule is NN(c1cnc2ccccc2c1)C1CCC[C@H]2CCCC[C@]12O. The van der Waals surface area contributed by atoms with E-state index in [-0.39, 0.29) is 6.04 Å². The quantitative estimate of drug-likeness (QED) is 0.659. The van der Waals surface area contributed by atoms with Crippen LogP contribution >= 0.6 is 0 Å². The molecule has 0 amide bonds. The molecule has 1 aromatic heterocycles. The van der Waals surface area contributed by atoms with E-state index in [2.05, 4.69) is 17.1 Å². The summed E-state index contributed by atoms with van der Waals surface area (Å²) in [6.07, 6.45) is 9.42. The van der Waals surface area contributed by atoms with Crippen molar-refractivity contribution in [2.45, 2.75) is 56.6 Å². The first-order valence-corrected chi connectivity index (χ1v) is 8.79. The highest BCUT2D eigenvalue weighted by atomic mass is 16.3. The number of aromatic nitrogens is 1. The first-order valence-electron chi connectivity index (χ1n) is 8.79. The summed E-state index contributed by atoms with van der Waals surface area (Å²) >= 11 is 0. The summed E-state index contributed by atoms with van der Waals surface area (Å²) in [6, 6.07) is 10.1. The molecule has 2 fully saturated rings. The standard InChI is InChI=1S/C19H25N3O/c20-22(16-12-14-6-1-2-9-17(14)21-13-16)18-10-5-8-15-7-3-4-11-19(15,18)23/h1-2,6,9,12-13,15,18,23H,3-5,7-8,10-11,20H2/t15-,18?,19-/m1/s1. The number of hydrogen-bond donors (Lipinski definition) is 2. The third-order valence-corrected chi connectivity index (χ3v) is 5.90. The normalized spacial score (nSPS) is 30.9. The van der Waals surface area contributed by atoms with E-state index in [1.165, 1.54) is 6.42 Å². The molecule has 23 heavy (non-hydrogen) atoms. The Balaban J connectivity index is 1.67. The molecule has 0 spiro atoms. The second kappa shape index (κ2) is 5.77. The molecule has 3 atom stereocenters. The first-order chi connectivity index (χ1) is 11.2. The molecule has 0 aliphatic heterocycles. The number of para-hydroxylation sites is 1. The van der Waals surface area contributed by atoms with Gasteiger partial charge in [-0.1, -0.05) is 37.5 Å². The Labute approximate surface area is 137 Å². The second-order valence-corrected chi connectivity index (χ2v) is 7.17. The van der Waals surface area contributed by atoms with E-state index in [9.17, 15) is 5.11 Å². The summed E-state index contributed by atoms with van der Waals surface area (Å²) in [5, 5.41) is 14.2. The van der Waals surface area contributed by atoms with Crippen molar-refractivity contribution in [3.05, 3.63) is 36.5 Å². The number of nitrogens with zero attached hydrogens (tertiary/aromatic N) is 2. The number of nitrogens with two attached hydrogens (primary N) is 1. The average molecular weight is 311 g/mol. The lowest BCUT2D eigenvalue weighted by molar-refractivity contribution is -0.0909. The maximum atomic E-state index is 11.4. The van der Waals surface area contributed by atoms with E-state index in [1.807, 2.05) is 24.4 Å². The highest BCUT2D eigenvalue weighted by Gasteiger charge is 2.49. The fraction of sp³-hybridized carbons (Fsp3) is 0.526. The van der Waals surface area contributed by atoms with Crippen molar-refractivity contribution in [1.82, 2.24) is 4.98 Å². The first kappa shape index (κ1) is 14.9. The number of anilines is 1. The number of rotatable bonds is 2. The molecule has 1 aromatic carbocycles. The Morgan fingerprint density at radius 1 is 1.13 bits per heavy atom. The molecule has 2 aliphatic rings. The lowest BCUT2D eigenvalue weighted by atomic mass is 9.64. The maximum absolute atomic E-state index is 11.4. The molecule has 0 radical (unpaired) electrons. The molecule has 122 valence electrons. The van der Waals surface area contributed by atoms with Crippen molar-refractivity contribution < 1.29 is 5.11 Å². The number of aliphatic hydroxyl groups is 1. The number of hydrazine groups is 1. The minimum Gasteiger partial charge on any atom is -0.387 e. The van der Waals surface area contributed by atoms with Crippen LogP contribution in [0.2, 0.25) is 0 Å². The maximum Gasteiger partial charge on any atom is 0.0893 e. The van der Waals surface area contributed by atoms with Gasteiger partial charge in [0.15, 0.2) is 0 Å². The Hall–Kier alpha value is -1.65. The summed E-state index contributed by atoms with van der Waals surface area (Å²) in [5.41, 5.74) is 1.23. The zero-order valence-electron chi connectivity index (χ0n) is 13.5. The summed E-state index contributed by atoms with van der Waals surface area (Å²) in [4.78, 5) is 4.52. The van der Waals surface area contributed by atoms with Crippen LogP contribution in [-0.2, 0) is 0 Å². The van der Waals surface area contributed by atoms with Crippen LogP contribution in [0, 0.1) is 5.92 Å². The van der Waals surface area contributed by atoms with E-state index >= 15 is 0 Å². The monoisotopic (exact) mass is 311 g/mol. The fourth-order valence-electron chi connectivity index (χ4n) is 4.65. The van der Waals surface area contributed by atoms with Gasteiger partial charge in [0.2, 0.25) is 0 Å². The van der Waals surface area contributed by atoms with Crippen LogP contribution in [0.4, 0.5) is 5.69 Å². The Morgan fingerprint density at radius 3 is 2.87 bits per heavy atom. The van der Waals surface area contributed by atoms with Gasteiger partial charge in [0.25, 0.3) is 0 Å². The van der Waals surface area contributed by atoms with Gasteiger partial charge in [-0.25, -0.2) is 5.84 Å². The van der Waals surface area contributed by atoms with Crippen molar-refractivity contribution in [3.63, 3.8) is 0 Å². The van der Waals surface area contributed by atoms with Crippen LogP contribution in [-0.4, -0.2) is 21.7 Å². The smallest absolute Gasteiger partial charge is 0.0893 e. The van der Waals surface area contributed by atoms with Crippen LogP contribution < -0.4 is 10.9 Å². The molecule has 4 heteroatoms. The van der Waals surface area contributed by atoms with E-state index in [0.717, 1.165) is 55.1 Å². The van der Waals surface area contributed by atoms with Crippen molar-refractivity contribution in [1.29, 1.82) is 0 Å². The largest absolute Gasteiger partial charge is 0.387 e. The van der Waals surface area contributed by atoms with Gasteiger partial charge in [-0.3, -0.25) is 4.98 Å². The van der Waals surface area contributed by atoms with Crippen molar-refractivity contribution >= 4 is 16.6 Å². The molecule has 2 aromatic rings. The van der Waals surface area contributed by atoms with Crippen LogP contribution in [0.3, 0.4) is 0 Å². The molecule has 1 unspecified atom stereocenters. The molecule has 2 aliphatic carbocycles.